The zero-order valence-electron chi connectivity index (χ0n) is 15.7. The molecule has 0 aliphatic rings. The Labute approximate surface area is 166 Å². The standard InChI is InChI=1S/C20H18N4O5/c1-28-17-8-7-14(9-18(17)29-2)15-10-16(23-22-15)19(25)24-21-11-12-3-5-13(6-4-12)20(26)27/h3-11H,1-2H3,(H,22,23)(H,24,25)(H,26,27)/b21-11-. The molecule has 29 heavy (non-hydrogen) atoms. The van der Waals surface area contributed by atoms with Crippen LogP contribution in [0.25, 0.3) is 11.3 Å². The predicted molar refractivity (Wildman–Crippen MR) is 106 cm³/mol. The first-order valence-electron chi connectivity index (χ1n) is 8.46. The molecule has 0 aliphatic carbocycles. The van der Waals surface area contributed by atoms with E-state index in [1.165, 1.54) is 25.5 Å². The fourth-order valence-corrected chi connectivity index (χ4v) is 2.52. The maximum absolute atomic E-state index is 12.2. The second kappa shape index (κ2) is 8.70. The molecule has 0 bridgehead atoms. The van der Waals surface area contributed by atoms with Gasteiger partial charge in [-0.2, -0.15) is 10.2 Å². The first kappa shape index (κ1) is 19.6. The summed E-state index contributed by atoms with van der Waals surface area (Å²) in [7, 11) is 3.09. The second-order valence-electron chi connectivity index (χ2n) is 5.86. The fourth-order valence-electron chi connectivity index (χ4n) is 2.52. The Morgan fingerprint density at radius 3 is 2.45 bits per heavy atom. The van der Waals surface area contributed by atoms with Gasteiger partial charge >= 0.3 is 5.97 Å². The van der Waals surface area contributed by atoms with Gasteiger partial charge in [0.1, 0.15) is 5.69 Å². The lowest BCUT2D eigenvalue weighted by atomic mass is 10.1. The molecule has 9 nitrogen and oxygen atoms in total. The van der Waals surface area contributed by atoms with Crippen molar-refractivity contribution in [2.45, 2.75) is 0 Å². The Kier molecular flexibility index (Phi) is 5.88. The minimum absolute atomic E-state index is 0.173. The van der Waals surface area contributed by atoms with Gasteiger partial charge < -0.3 is 14.6 Å². The summed E-state index contributed by atoms with van der Waals surface area (Å²) in [5.41, 5.74) is 4.74. The topological polar surface area (TPSA) is 126 Å². The molecular formula is C20H18N4O5. The number of carboxylic acids is 1. The monoisotopic (exact) mass is 394 g/mol. The van der Waals surface area contributed by atoms with Crippen LogP contribution in [0.5, 0.6) is 11.5 Å². The number of ether oxygens (including phenoxy) is 2. The molecule has 3 rings (SSSR count). The van der Waals surface area contributed by atoms with Crippen LogP contribution in [0.15, 0.2) is 53.6 Å². The molecule has 0 atom stereocenters. The lowest BCUT2D eigenvalue weighted by molar-refractivity contribution is 0.0696. The average Bonchev–Trinajstić information content (AvgIpc) is 3.24. The van der Waals surface area contributed by atoms with E-state index >= 15 is 0 Å². The van der Waals surface area contributed by atoms with E-state index in [4.69, 9.17) is 14.6 Å². The molecule has 1 aromatic heterocycles. The van der Waals surface area contributed by atoms with Crippen molar-refractivity contribution in [1.82, 2.24) is 15.6 Å². The van der Waals surface area contributed by atoms with E-state index in [9.17, 15) is 9.59 Å². The fraction of sp³-hybridized carbons (Fsp3) is 0.100. The van der Waals surface area contributed by atoms with Crippen molar-refractivity contribution in [2.75, 3.05) is 14.2 Å². The summed E-state index contributed by atoms with van der Waals surface area (Å²) in [5, 5.41) is 19.6. The Morgan fingerprint density at radius 2 is 1.79 bits per heavy atom. The third-order valence-electron chi connectivity index (χ3n) is 4.04. The van der Waals surface area contributed by atoms with Gasteiger partial charge in [0.25, 0.3) is 5.91 Å². The molecule has 1 heterocycles. The van der Waals surface area contributed by atoms with E-state index < -0.39 is 11.9 Å². The molecule has 0 radical (unpaired) electrons. The van der Waals surface area contributed by atoms with Gasteiger partial charge in [-0.15, -0.1) is 0 Å². The third kappa shape index (κ3) is 4.59. The van der Waals surface area contributed by atoms with Crippen molar-refractivity contribution in [1.29, 1.82) is 0 Å². The number of methoxy groups -OCH3 is 2. The van der Waals surface area contributed by atoms with Gasteiger partial charge in [-0.05, 0) is 42.0 Å². The van der Waals surface area contributed by atoms with Gasteiger partial charge in [-0.1, -0.05) is 12.1 Å². The highest BCUT2D eigenvalue weighted by Gasteiger charge is 2.12. The number of rotatable bonds is 7. The van der Waals surface area contributed by atoms with Crippen molar-refractivity contribution in [2.24, 2.45) is 5.10 Å². The van der Waals surface area contributed by atoms with Crippen LogP contribution in [-0.4, -0.2) is 47.6 Å². The van der Waals surface area contributed by atoms with E-state index in [0.717, 1.165) is 5.56 Å². The maximum atomic E-state index is 12.2. The quantitative estimate of drug-likeness (QED) is 0.418. The molecule has 3 aromatic rings. The smallest absolute Gasteiger partial charge is 0.335 e. The number of aromatic nitrogens is 2. The number of H-pyrrole nitrogens is 1. The van der Waals surface area contributed by atoms with E-state index in [1.54, 1.807) is 43.5 Å². The molecule has 0 saturated carbocycles. The van der Waals surface area contributed by atoms with Crippen LogP contribution in [0.2, 0.25) is 0 Å². The number of carbonyl (C=O) groups is 2. The first-order valence-corrected chi connectivity index (χ1v) is 8.46. The van der Waals surface area contributed by atoms with Gasteiger partial charge in [0, 0.05) is 5.56 Å². The highest BCUT2D eigenvalue weighted by molar-refractivity contribution is 5.94. The van der Waals surface area contributed by atoms with Crippen molar-refractivity contribution in [3.63, 3.8) is 0 Å². The molecule has 0 unspecified atom stereocenters. The van der Waals surface area contributed by atoms with E-state index in [0.29, 0.717) is 22.8 Å². The lowest BCUT2D eigenvalue weighted by Crippen LogP contribution is -2.18. The first-order chi connectivity index (χ1) is 14.0. The number of carboxylic acid groups (broad SMARTS) is 1. The van der Waals surface area contributed by atoms with Crippen LogP contribution in [0.4, 0.5) is 0 Å². The van der Waals surface area contributed by atoms with Gasteiger partial charge in [0.2, 0.25) is 0 Å². The highest BCUT2D eigenvalue weighted by atomic mass is 16.5. The Morgan fingerprint density at radius 1 is 1.07 bits per heavy atom. The second-order valence-corrected chi connectivity index (χ2v) is 5.86. The molecule has 9 heteroatoms. The Bertz CT molecular complexity index is 1060. The molecule has 0 spiro atoms. The maximum Gasteiger partial charge on any atom is 0.335 e. The molecule has 3 N–H and O–H groups in total. The van der Waals surface area contributed by atoms with Crippen LogP contribution >= 0.6 is 0 Å². The number of hydrazone groups is 1. The van der Waals surface area contributed by atoms with Gasteiger partial charge in [0.15, 0.2) is 11.5 Å². The highest BCUT2D eigenvalue weighted by Crippen LogP contribution is 2.31. The zero-order valence-corrected chi connectivity index (χ0v) is 15.7. The Hall–Kier alpha value is -4.14. The number of hydrogen-bond donors (Lipinski definition) is 3. The largest absolute Gasteiger partial charge is 0.493 e. The third-order valence-corrected chi connectivity index (χ3v) is 4.04. The van der Waals surface area contributed by atoms with Crippen molar-refractivity contribution >= 4 is 18.1 Å². The van der Waals surface area contributed by atoms with E-state index in [2.05, 4.69) is 20.7 Å². The number of benzene rings is 2. The van der Waals surface area contributed by atoms with Crippen molar-refractivity contribution in [3.8, 4) is 22.8 Å². The molecular weight excluding hydrogens is 376 g/mol. The number of carbonyl (C=O) groups excluding carboxylic acids is 1. The molecule has 0 aliphatic heterocycles. The number of amides is 1. The summed E-state index contributed by atoms with van der Waals surface area (Å²) in [6.07, 6.45) is 1.41. The predicted octanol–water partition coefficient (Wildman–Crippen LogP) is 2.56. The van der Waals surface area contributed by atoms with Crippen LogP contribution < -0.4 is 14.9 Å². The van der Waals surface area contributed by atoms with Crippen LogP contribution in [0, 0.1) is 0 Å². The summed E-state index contributed by atoms with van der Waals surface area (Å²) in [6.45, 7) is 0. The zero-order chi connectivity index (χ0) is 20.8. The number of nitrogens with zero attached hydrogens (tertiary/aromatic N) is 2. The van der Waals surface area contributed by atoms with Gasteiger partial charge in [0.05, 0.1) is 31.7 Å². The summed E-state index contributed by atoms with van der Waals surface area (Å²) >= 11 is 0. The summed E-state index contributed by atoms with van der Waals surface area (Å²) in [6, 6.07) is 13.0. The number of nitrogens with one attached hydrogen (secondary N) is 2. The molecule has 0 saturated heterocycles. The van der Waals surface area contributed by atoms with E-state index in [-0.39, 0.29) is 11.3 Å². The lowest BCUT2D eigenvalue weighted by Gasteiger charge is -2.08. The van der Waals surface area contributed by atoms with Crippen molar-refractivity contribution < 1.29 is 24.2 Å². The van der Waals surface area contributed by atoms with Crippen LogP contribution in [-0.2, 0) is 0 Å². The summed E-state index contributed by atoms with van der Waals surface area (Å²) < 4.78 is 10.5. The molecule has 2 aromatic carbocycles. The summed E-state index contributed by atoms with van der Waals surface area (Å²) in [5.74, 6) is -0.332. The number of aromatic carboxylic acids is 1. The van der Waals surface area contributed by atoms with Crippen molar-refractivity contribution in [3.05, 3.63) is 65.4 Å². The minimum atomic E-state index is -1.01. The molecule has 1 amide bonds. The van der Waals surface area contributed by atoms with Gasteiger partial charge in [-0.3, -0.25) is 9.89 Å². The molecule has 148 valence electrons. The van der Waals surface area contributed by atoms with Gasteiger partial charge in [-0.25, -0.2) is 10.2 Å². The Balaban J connectivity index is 1.67. The number of hydrogen-bond acceptors (Lipinski definition) is 6. The average molecular weight is 394 g/mol. The summed E-state index contributed by atoms with van der Waals surface area (Å²) in [4.78, 5) is 23.1. The van der Waals surface area contributed by atoms with E-state index in [1.807, 2.05) is 0 Å². The SMILES string of the molecule is COc1ccc(-c2cc(C(=O)N/N=C\c3ccc(C(=O)O)cc3)[nH]n2)cc1OC. The molecule has 0 fully saturated rings. The minimum Gasteiger partial charge on any atom is -0.493 e. The normalized spacial score (nSPS) is 10.7. The van der Waals surface area contributed by atoms with Crippen LogP contribution in [0.1, 0.15) is 26.4 Å². The number of aromatic amines is 1. The van der Waals surface area contributed by atoms with Crippen LogP contribution in [0.3, 0.4) is 0 Å².